The topological polar surface area (TPSA) is 121 Å². The lowest BCUT2D eigenvalue weighted by molar-refractivity contribution is -0.120. The lowest BCUT2D eigenvalue weighted by atomic mass is 10.1. The van der Waals surface area contributed by atoms with E-state index in [1.807, 2.05) is 0 Å². The van der Waals surface area contributed by atoms with Crippen LogP contribution in [0.1, 0.15) is 5.56 Å². The van der Waals surface area contributed by atoms with Gasteiger partial charge in [0.15, 0.2) is 11.5 Å². The number of carbonyl (C=O) groups excluding carboxylic acids is 2. The van der Waals surface area contributed by atoms with Crippen molar-refractivity contribution in [1.29, 1.82) is 0 Å². The number of rotatable bonds is 6. The number of aromatic nitrogens is 2. The quantitative estimate of drug-likeness (QED) is 0.417. The van der Waals surface area contributed by atoms with Crippen LogP contribution in [0.15, 0.2) is 76.3 Å². The Kier molecular flexibility index (Phi) is 6.46. The molecule has 0 aliphatic carbocycles. The van der Waals surface area contributed by atoms with E-state index in [9.17, 15) is 19.2 Å². The fourth-order valence-electron chi connectivity index (χ4n) is 4.20. The molecule has 0 bridgehead atoms. The average molecular weight is 501 g/mol. The number of hydrogen-bond donors (Lipinski definition) is 2. The van der Waals surface area contributed by atoms with Crippen molar-refractivity contribution in [3.05, 3.63) is 93.1 Å². The van der Waals surface area contributed by atoms with Crippen LogP contribution in [0.2, 0.25) is 0 Å². The van der Waals surface area contributed by atoms with Crippen LogP contribution in [-0.2, 0) is 22.6 Å². The SMILES string of the molecule is CNC(=O)Cc1ccc(-n2c(=O)c3ccccc3n(CC(=O)Nc3ccc4c(c3)OCCO4)c2=O)cc1. The Balaban J connectivity index is 1.49. The molecule has 0 atom stereocenters. The van der Waals surface area contributed by atoms with Crippen molar-refractivity contribution >= 4 is 28.4 Å². The normalized spacial score (nSPS) is 12.2. The first-order chi connectivity index (χ1) is 17.9. The van der Waals surface area contributed by atoms with Gasteiger partial charge in [0.2, 0.25) is 11.8 Å². The summed E-state index contributed by atoms with van der Waals surface area (Å²) >= 11 is 0. The van der Waals surface area contributed by atoms with E-state index in [0.717, 1.165) is 10.1 Å². The molecule has 4 aromatic rings. The molecule has 37 heavy (non-hydrogen) atoms. The fraction of sp³-hybridized carbons (Fsp3) is 0.185. The number of ether oxygens (including phenoxy) is 2. The molecule has 0 fully saturated rings. The lowest BCUT2D eigenvalue weighted by Gasteiger charge is -2.19. The highest BCUT2D eigenvalue weighted by atomic mass is 16.6. The van der Waals surface area contributed by atoms with Gasteiger partial charge in [0.05, 0.1) is 23.0 Å². The summed E-state index contributed by atoms with van der Waals surface area (Å²) < 4.78 is 13.4. The van der Waals surface area contributed by atoms with Crippen molar-refractivity contribution in [2.45, 2.75) is 13.0 Å². The number of hydrogen-bond acceptors (Lipinski definition) is 6. The number of likely N-dealkylation sites (N-methyl/N-ethyl adjacent to an activating group) is 1. The number of nitrogens with one attached hydrogen (secondary N) is 2. The Bertz CT molecular complexity index is 1620. The third-order valence-electron chi connectivity index (χ3n) is 6.02. The summed E-state index contributed by atoms with van der Waals surface area (Å²) in [6.45, 7) is 0.560. The summed E-state index contributed by atoms with van der Waals surface area (Å²) in [6.07, 6.45) is 0.174. The number of anilines is 1. The highest BCUT2D eigenvalue weighted by Gasteiger charge is 2.18. The van der Waals surface area contributed by atoms with Gasteiger partial charge >= 0.3 is 5.69 Å². The molecule has 10 heteroatoms. The number of nitrogens with zero attached hydrogens (tertiary/aromatic N) is 2. The first kappa shape index (κ1) is 23.9. The Morgan fingerprint density at radius 1 is 0.892 bits per heavy atom. The molecule has 0 saturated carbocycles. The smallest absolute Gasteiger partial charge is 0.336 e. The van der Waals surface area contributed by atoms with Crippen LogP contribution in [0, 0.1) is 0 Å². The standard InChI is InChI=1S/C27H24N4O6/c1-28-24(32)14-17-6-9-19(10-7-17)31-26(34)20-4-2-3-5-21(20)30(27(31)35)16-25(33)29-18-8-11-22-23(15-18)37-13-12-36-22/h2-11,15H,12-14,16H2,1H3,(H,28,32)(H,29,33). The molecule has 10 nitrogen and oxygen atoms in total. The van der Waals surface area contributed by atoms with Gasteiger partial charge in [0.25, 0.3) is 5.56 Å². The first-order valence-corrected chi connectivity index (χ1v) is 11.7. The molecule has 1 aliphatic heterocycles. The zero-order valence-corrected chi connectivity index (χ0v) is 20.0. The number of fused-ring (bicyclic) bond motifs is 2. The summed E-state index contributed by atoms with van der Waals surface area (Å²) in [6, 6.07) is 18.3. The van der Waals surface area contributed by atoms with E-state index in [2.05, 4.69) is 10.6 Å². The number of para-hydroxylation sites is 1. The van der Waals surface area contributed by atoms with Crippen molar-refractivity contribution in [1.82, 2.24) is 14.5 Å². The zero-order valence-electron chi connectivity index (χ0n) is 20.0. The Labute approximate surface area is 211 Å². The van der Waals surface area contributed by atoms with Gasteiger partial charge in [-0.2, -0.15) is 0 Å². The monoisotopic (exact) mass is 500 g/mol. The second-order valence-corrected chi connectivity index (χ2v) is 8.45. The lowest BCUT2D eigenvalue weighted by Crippen LogP contribution is -2.40. The Morgan fingerprint density at radius 3 is 2.38 bits per heavy atom. The first-order valence-electron chi connectivity index (χ1n) is 11.7. The van der Waals surface area contributed by atoms with Crippen molar-refractivity contribution < 1.29 is 19.1 Å². The third kappa shape index (κ3) is 4.81. The molecule has 3 aromatic carbocycles. The van der Waals surface area contributed by atoms with Crippen LogP contribution >= 0.6 is 0 Å². The van der Waals surface area contributed by atoms with Crippen molar-refractivity contribution in [3.8, 4) is 17.2 Å². The van der Waals surface area contributed by atoms with Gasteiger partial charge in [-0.15, -0.1) is 0 Å². The maximum absolute atomic E-state index is 13.5. The minimum atomic E-state index is -0.653. The van der Waals surface area contributed by atoms with Crippen LogP contribution in [-0.4, -0.2) is 41.2 Å². The van der Waals surface area contributed by atoms with Gasteiger partial charge in [-0.05, 0) is 42.0 Å². The minimum Gasteiger partial charge on any atom is -0.486 e. The van der Waals surface area contributed by atoms with Crippen molar-refractivity contribution in [3.63, 3.8) is 0 Å². The molecule has 5 rings (SSSR count). The molecule has 0 spiro atoms. The molecule has 2 heterocycles. The van der Waals surface area contributed by atoms with Crippen LogP contribution in [0.5, 0.6) is 11.5 Å². The van der Waals surface area contributed by atoms with E-state index in [1.54, 1.807) is 73.8 Å². The molecule has 188 valence electrons. The van der Waals surface area contributed by atoms with Crippen LogP contribution in [0.3, 0.4) is 0 Å². The highest BCUT2D eigenvalue weighted by Crippen LogP contribution is 2.32. The van der Waals surface area contributed by atoms with Crippen LogP contribution in [0.25, 0.3) is 16.6 Å². The van der Waals surface area contributed by atoms with Crippen LogP contribution < -0.4 is 31.4 Å². The zero-order chi connectivity index (χ0) is 25.9. The maximum Gasteiger partial charge on any atom is 0.336 e. The van der Waals surface area contributed by atoms with E-state index < -0.39 is 17.2 Å². The Morgan fingerprint density at radius 2 is 1.62 bits per heavy atom. The summed E-state index contributed by atoms with van der Waals surface area (Å²) in [7, 11) is 1.55. The molecule has 0 saturated heterocycles. The number of amides is 2. The minimum absolute atomic E-state index is 0.151. The highest BCUT2D eigenvalue weighted by molar-refractivity contribution is 5.92. The van der Waals surface area contributed by atoms with Gasteiger partial charge in [-0.3, -0.25) is 19.0 Å². The molecule has 1 aliphatic rings. The molecule has 0 radical (unpaired) electrons. The van der Waals surface area contributed by atoms with E-state index in [1.165, 1.54) is 4.57 Å². The molecule has 1 aromatic heterocycles. The summed E-state index contributed by atoms with van der Waals surface area (Å²) in [4.78, 5) is 51.5. The summed E-state index contributed by atoms with van der Waals surface area (Å²) in [5.74, 6) is 0.525. The fourth-order valence-corrected chi connectivity index (χ4v) is 4.20. The summed E-state index contributed by atoms with van der Waals surface area (Å²) in [5, 5.41) is 5.63. The molecular formula is C27H24N4O6. The average Bonchev–Trinajstić information content (AvgIpc) is 2.92. The molecule has 0 unspecified atom stereocenters. The maximum atomic E-state index is 13.5. The third-order valence-corrected chi connectivity index (χ3v) is 6.02. The van der Waals surface area contributed by atoms with Gasteiger partial charge in [-0.1, -0.05) is 24.3 Å². The number of carbonyl (C=O) groups is 2. The van der Waals surface area contributed by atoms with Crippen molar-refractivity contribution in [2.75, 3.05) is 25.6 Å². The van der Waals surface area contributed by atoms with Crippen molar-refractivity contribution in [2.24, 2.45) is 0 Å². The largest absolute Gasteiger partial charge is 0.486 e. The van der Waals surface area contributed by atoms with Gasteiger partial charge in [0.1, 0.15) is 19.8 Å². The summed E-state index contributed by atoms with van der Waals surface area (Å²) in [5.41, 5.74) is 0.760. The van der Waals surface area contributed by atoms with Gasteiger partial charge < -0.3 is 20.1 Å². The molecule has 2 amide bonds. The van der Waals surface area contributed by atoms with Gasteiger partial charge in [0, 0.05) is 18.8 Å². The Hall–Kier alpha value is -4.86. The predicted molar refractivity (Wildman–Crippen MR) is 138 cm³/mol. The van der Waals surface area contributed by atoms with E-state index in [0.29, 0.717) is 47.0 Å². The van der Waals surface area contributed by atoms with Gasteiger partial charge in [-0.25, -0.2) is 9.36 Å². The van der Waals surface area contributed by atoms with Crippen LogP contribution in [0.4, 0.5) is 5.69 Å². The molecular weight excluding hydrogens is 476 g/mol. The number of benzene rings is 3. The predicted octanol–water partition coefficient (Wildman–Crippen LogP) is 1.85. The molecule has 2 N–H and O–H groups in total. The van der Waals surface area contributed by atoms with E-state index >= 15 is 0 Å². The van der Waals surface area contributed by atoms with E-state index in [4.69, 9.17) is 9.47 Å². The second-order valence-electron chi connectivity index (χ2n) is 8.45. The van der Waals surface area contributed by atoms with E-state index in [-0.39, 0.29) is 18.9 Å². The second kappa shape index (κ2) is 10.0.